The van der Waals surface area contributed by atoms with Crippen LogP contribution in [0.25, 0.3) is 0 Å². The predicted molar refractivity (Wildman–Crippen MR) is 102 cm³/mol. The topological polar surface area (TPSA) is 130 Å². The molecule has 0 aliphatic carbocycles. The Bertz CT molecular complexity index is 636. The van der Waals surface area contributed by atoms with Crippen molar-refractivity contribution in [1.29, 1.82) is 0 Å². The highest BCUT2D eigenvalue weighted by Crippen LogP contribution is 2.12. The molecule has 0 saturated carbocycles. The van der Waals surface area contributed by atoms with E-state index in [-0.39, 0.29) is 18.9 Å². The maximum atomic E-state index is 12.7. The number of carbonyl (C=O) groups excluding carboxylic acids is 3. The van der Waals surface area contributed by atoms with Gasteiger partial charge in [0, 0.05) is 13.1 Å². The summed E-state index contributed by atoms with van der Waals surface area (Å²) in [6.45, 7) is 9.07. The summed E-state index contributed by atoms with van der Waals surface area (Å²) in [5.74, 6) is -0.436. The summed E-state index contributed by atoms with van der Waals surface area (Å²) < 4.78 is 22.1. The Morgan fingerprint density at radius 2 is 1.67 bits per heavy atom. The van der Waals surface area contributed by atoms with Crippen LogP contribution in [0.2, 0.25) is 0 Å². The van der Waals surface area contributed by atoms with Gasteiger partial charge in [0.2, 0.25) is 15.9 Å². The van der Waals surface area contributed by atoms with Crippen LogP contribution in [0.5, 0.6) is 0 Å². The molecular formula is C17H32N4O5S. The van der Waals surface area contributed by atoms with E-state index in [0.29, 0.717) is 24.9 Å². The summed E-state index contributed by atoms with van der Waals surface area (Å²) in [5.41, 5.74) is 0. The number of hydrogen-bond donors (Lipinski definition) is 2. The van der Waals surface area contributed by atoms with E-state index in [1.54, 1.807) is 4.90 Å². The molecule has 1 aliphatic heterocycles. The van der Waals surface area contributed by atoms with Crippen LogP contribution in [0.15, 0.2) is 0 Å². The number of amides is 4. The summed E-state index contributed by atoms with van der Waals surface area (Å²) in [4.78, 5) is 39.6. The Kier molecular flexibility index (Phi) is 8.67. The van der Waals surface area contributed by atoms with Crippen molar-refractivity contribution in [3.05, 3.63) is 0 Å². The highest BCUT2D eigenvalue weighted by atomic mass is 32.2. The molecule has 4 amide bonds. The number of rotatable bonds is 11. The number of carbonyl (C=O) groups is 3. The van der Waals surface area contributed by atoms with Gasteiger partial charge in [-0.2, -0.15) is 0 Å². The first kappa shape index (κ1) is 23.4. The summed E-state index contributed by atoms with van der Waals surface area (Å²) >= 11 is 0. The Hall–Kier alpha value is -1.68. The third kappa shape index (κ3) is 8.25. The zero-order valence-corrected chi connectivity index (χ0v) is 17.4. The molecule has 1 atom stereocenters. The minimum Gasteiger partial charge on any atom is -0.341 e. The van der Waals surface area contributed by atoms with Gasteiger partial charge in [0.1, 0.15) is 12.6 Å². The molecule has 27 heavy (non-hydrogen) atoms. The van der Waals surface area contributed by atoms with Crippen LogP contribution < -0.4 is 10.5 Å². The van der Waals surface area contributed by atoms with Gasteiger partial charge in [-0.1, -0.05) is 27.7 Å². The lowest BCUT2D eigenvalue weighted by atomic mass is 10.1. The molecule has 10 heteroatoms. The zero-order valence-electron chi connectivity index (χ0n) is 16.6. The molecular weight excluding hydrogens is 372 g/mol. The molecule has 3 N–H and O–H groups in total. The molecule has 0 unspecified atom stereocenters. The summed E-state index contributed by atoms with van der Waals surface area (Å²) in [6, 6.07) is -1.65. The van der Waals surface area contributed by atoms with Gasteiger partial charge in [-0.25, -0.2) is 18.4 Å². The van der Waals surface area contributed by atoms with Crippen LogP contribution in [0.1, 0.15) is 47.0 Å². The third-order valence-corrected chi connectivity index (χ3v) is 5.20. The monoisotopic (exact) mass is 404 g/mol. The fourth-order valence-electron chi connectivity index (χ4n) is 2.63. The van der Waals surface area contributed by atoms with Crippen molar-refractivity contribution in [1.82, 2.24) is 15.1 Å². The second-order valence-corrected chi connectivity index (χ2v) is 9.56. The van der Waals surface area contributed by atoms with Gasteiger partial charge in [-0.05, 0) is 31.1 Å². The maximum Gasteiger partial charge on any atom is 0.325 e. The van der Waals surface area contributed by atoms with Gasteiger partial charge < -0.3 is 10.2 Å². The molecule has 1 rings (SSSR count). The first-order chi connectivity index (χ1) is 12.4. The molecule has 0 aromatic carbocycles. The van der Waals surface area contributed by atoms with Crippen molar-refractivity contribution in [2.24, 2.45) is 17.0 Å². The number of primary sulfonamides is 1. The van der Waals surface area contributed by atoms with Gasteiger partial charge in [0.25, 0.3) is 5.91 Å². The van der Waals surface area contributed by atoms with Crippen LogP contribution in [-0.4, -0.2) is 67.5 Å². The van der Waals surface area contributed by atoms with E-state index >= 15 is 0 Å². The molecule has 1 aliphatic rings. The van der Waals surface area contributed by atoms with Crippen molar-refractivity contribution in [3.8, 4) is 0 Å². The molecule has 0 aromatic rings. The number of imide groups is 1. The van der Waals surface area contributed by atoms with E-state index in [1.165, 1.54) is 0 Å². The lowest BCUT2D eigenvalue weighted by Crippen LogP contribution is -2.44. The highest BCUT2D eigenvalue weighted by molar-refractivity contribution is 7.89. The smallest absolute Gasteiger partial charge is 0.325 e. The number of sulfonamides is 1. The molecule has 0 spiro atoms. The average Bonchev–Trinajstić information content (AvgIpc) is 2.79. The van der Waals surface area contributed by atoms with E-state index in [9.17, 15) is 22.8 Å². The van der Waals surface area contributed by atoms with E-state index in [0.717, 1.165) is 17.7 Å². The van der Waals surface area contributed by atoms with Crippen molar-refractivity contribution >= 4 is 27.9 Å². The van der Waals surface area contributed by atoms with Crippen molar-refractivity contribution in [2.45, 2.75) is 53.0 Å². The maximum absolute atomic E-state index is 12.7. The molecule has 0 bridgehead atoms. The largest absolute Gasteiger partial charge is 0.341 e. The Morgan fingerprint density at radius 3 is 2.11 bits per heavy atom. The fraction of sp³-hybridized carbons (Fsp3) is 0.824. The van der Waals surface area contributed by atoms with Crippen LogP contribution >= 0.6 is 0 Å². The van der Waals surface area contributed by atoms with Gasteiger partial charge in [-0.15, -0.1) is 0 Å². The molecule has 1 heterocycles. The number of nitrogens with two attached hydrogens (primary N) is 1. The van der Waals surface area contributed by atoms with Crippen LogP contribution in [-0.2, 0) is 19.6 Å². The molecule has 9 nitrogen and oxygen atoms in total. The number of nitrogens with one attached hydrogen (secondary N) is 1. The minimum absolute atomic E-state index is 0.113. The minimum atomic E-state index is -3.73. The van der Waals surface area contributed by atoms with Gasteiger partial charge in [0.05, 0.1) is 5.75 Å². The van der Waals surface area contributed by atoms with Crippen LogP contribution in [0.3, 0.4) is 0 Å². The second kappa shape index (κ2) is 10.0. The van der Waals surface area contributed by atoms with Gasteiger partial charge >= 0.3 is 6.03 Å². The van der Waals surface area contributed by atoms with Crippen LogP contribution in [0.4, 0.5) is 4.79 Å². The normalized spacial score (nSPS) is 17.7. The van der Waals surface area contributed by atoms with E-state index < -0.39 is 33.8 Å². The predicted octanol–water partition coefficient (Wildman–Crippen LogP) is 0.506. The Balaban J connectivity index is 2.72. The average molecular weight is 405 g/mol. The quantitative estimate of drug-likeness (QED) is 0.485. The first-order valence-corrected chi connectivity index (χ1v) is 11.0. The summed E-state index contributed by atoms with van der Waals surface area (Å²) in [6.07, 6.45) is 1.56. The SMILES string of the molecule is CC(C)CCN(CCC(C)C)C(=O)CN1C(=O)N[C@@H](CCS(N)(=O)=O)C1=O. The summed E-state index contributed by atoms with van der Waals surface area (Å²) in [7, 11) is -3.73. The molecule has 0 aromatic heterocycles. The number of hydrogen-bond acceptors (Lipinski definition) is 5. The van der Waals surface area contributed by atoms with E-state index in [1.807, 2.05) is 0 Å². The van der Waals surface area contributed by atoms with E-state index in [2.05, 4.69) is 33.0 Å². The molecule has 156 valence electrons. The summed E-state index contributed by atoms with van der Waals surface area (Å²) in [5, 5.41) is 7.36. The fourth-order valence-corrected chi connectivity index (χ4v) is 3.19. The molecule has 1 saturated heterocycles. The number of nitrogens with zero attached hydrogens (tertiary/aromatic N) is 2. The third-order valence-electron chi connectivity index (χ3n) is 4.40. The Morgan fingerprint density at radius 1 is 1.15 bits per heavy atom. The standard InChI is InChI=1S/C17H32N4O5S/c1-12(2)5-8-20(9-6-13(3)4)15(22)11-21-16(23)14(19-17(21)24)7-10-27(18,25)26/h12-14H,5-11H2,1-4H3,(H,19,24)(H2,18,25,26)/t14-/m0/s1. The van der Waals surface area contributed by atoms with Crippen molar-refractivity contribution in [3.63, 3.8) is 0 Å². The Labute approximate surface area is 161 Å². The highest BCUT2D eigenvalue weighted by Gasteiger charge is 2.39. The lowest BCUT2D eigenvalue weighted by molar-refractivity contribution is -0.137. The molecule has 1 fully saturated rings. The second-order valence-electron chi connectivity index (χ2n) is 7.83. The van der Waals surface area contributed by atoms with Crippen molar-refractivity contribution in [2.75, 3.05) is 25.4 Å². The van der Waals surface area contributed by atoms with Gasteiger partial charge in [0.15, 0.2) is 0 Å². The number of urea groups is 1. The van der Waals surface area contributed by atoms with Crippen molar-refractivity contribution < 1.29 is 22.8 Å². The lowest BCUT2D eigenvalue weighted by Gasteiger charge is -2.26. The zero-order chi connectivity index (χ0) is 20.8. The first-order valence-electron chi connectivity index (χ1n) is 9.30. The van der Waals surface area contributed by atoms with E-state index in [4.69, 9.17) is 5.14 Å². The molecule has 0 radical (unpaired) electrons. The van der Waals surface area contributed by atoms with Crippen LogP contribution in [0, 0.1) is 11.8 Å². The van der Waals surface area contributed by atoms with Gasteiger partial charge in [-0.3, -0.25) is 14.5 Å².